The van der Waals surface area contributed by atoms with Crippen LogP contribution in [0.5, 0.6) is 5.75 Å². The van der Waals surface area contributed by atoms with Gasteiger partial charge in [0.2, 0.25) is 0 Å². The molecule has 0 spiro atoms. The van der Waals surface area contributed by atoms with E-state index in [0.29, 0.717) is 31.0 Å². The Labute approximate surface area is 158 Å². The maximum absolute atomic E-state index is 12.3. The summed E-state index contributed by atoms with van der Waals surface area (Å²) in [4.78, 5) is 25.6. The number of hydrogen-bond donors (Lipinski definition) is 2. The van der Waals surface area contributed by atoms with Crippen LogP contribution in [0.3, 0.4) is 0 Å². The van der Waals surface area contributed by atoms with Gasteiger partial charge < -0.3 is 15.4 Å². The number of nitrogens with one attached hydrogen (secondary N) is 2. The largest absolute Gasteiger partial charge is 0.493 e. The fourth-order valence-electron chi connectivity index (χ4n) is 2.74. The third-order valence-electron chi connectivity index (χ3n) is 4.04. The third-order valence-corrected chi connectivity index (χ3v) is 4.04. The molecule has 2 aromatic rings. The van der Waals surface area contributed by atoms with Gasteiger partial charge in [0.1, 0.15) is 5.75 Å². The molecule has 0 aliphatic carbocycles. The van der Waals surface area contributed by atoms with E-state index in [2.05, 4.69) is 22.5 Å². The summed E-state index contributed by atoms with van der Waals surface area (Å²) in [6.07, 6.45) is 0. The summed E-state index contributed by atoms with van der Waals surface area (Å²) in [6, 6.07) is 14.5. The van der Waals surface area contributed by atoms with Crippen LogP contribution < -0.4 is 20.3 Å². The second-order valence-electron chi connectivity index (χ2n) is 5.84. The van der Waals surface area contributed by atoms with Crippen LogP contribution in [0.25, 0.3) is 0 Å². The fraction of sp³-hybridized carbons (Fsp3) is 0.238. The molecule has 1 aliphatic heterocycles. The molecule has 6 heteroatoms. The van der Waals surface area contributed by atoms with Crippen molar-refractivity contribution in [1.82, 2.24) is 10.6 Å². The van der Waals surface area contributed by atoms with E-state index >= 15 is 0 Å². The average molecular weight is 363 g/mol. The molecule has 3 rings (SSSR count). The van der Waals surface area contributed by atoms with Crippen LogP contribution in [0.1, 0.15) is 22.8 Å². The van der Waals surface area contributed by atoms with Crippen molar-refractivity contribution in [3.63, 3.8) is 0 Å². The first-order valence-corrected chi connectivity index (χ1v) is 8.83. The number of para-hydroxylation sites is 1. The van der Waals surface area contributed by atoms with Crippen LogP contribution >= 0.6 is 0 Å². The van der Waals surface area contributed by atoms with E-state index in [-0.39, 0.29) is 18.5 Å². The summed E-state index contributed by atoms with van der Waals surface area (Å²) in [7, 11) is 0. The molecule has 138 valence electrons. The minimum Gasteiger partial charge on any atom is -0.493 e. The minimum atomic E-state index is -0.219. The maximum Gasteiger partial charge on any atom is 0.321 e. The number of rotatable bonds is 5. The van der Waals surface area contributed by atoms with Gasteiger partial charge in [0, 0.05) is 24.3 Å². The first-order chi connectivity index (χ1) is 13.2. The van der Waals surface area contributed by atoms with Crippen molar-refractivity contribution in [2.24, 2.45) is 0 Å². The molecule has 2 aromatic carbocycles. The molecule has 0 atom stereocenters. The van der Waals surface area contributed by atoms with Gasteiger partial charge in [-0.15, -0.1) is 0 Å². The lowest BCUT2D eigenvalue weighted by atomic mass is 10.2. The number of carbonyl (C=O) groups excluding carboxylic acids is 2. The van der Waals surface area contributed by atoms with Gasteiger partial charge in [0.15, 0.2) is 0 Å². The fourth-order valence-corrected chi connectivity index (χ4v) is 2.74. The van der Waals surface area contributed by atoms with Crippen LogP contribution in [0.4, 0.5) is 10.5 Å². The molecule has 1 heterocycles. The normalized spacial score (nSPS) is 12.8. The monoisotopic (exact) mass is 363 g/mol. The van der Waals surface area contributed by atoms with Crippen molar-refractivity contribution in [2.45, 2.75) is 6.92 Å². The number of anilines is 1. The zero-order valence-corrected chi connectivity index (χ0v) is 15.1. The summed E-state index contributed by atoms with van der Waals surface area (Å²) in [6.45, 7) is 3.93. The van der Waals surface area contributed by atoms with Crippen LogP contribution in [-0.4, -0.2) is 38.2 Å². The lowest BCUT2D eigenvalue weighted by Crippen LogP contribution is -2.27. The highest BCUT2D eigenvalue weighted by Crippen LogP contribution is 2.18. The van der Waals surface area contributed by atoms with Crippen molar-refractivity contribution in [2.75, 3.05) is 31.1 Å². The van der Waals surface area contributed by atoms with Gasteiger partial charge in [-0.1, -0.05) is 24.0 Å². The predicted molar refractivity (Wildman–Crippen MR) is 104 cm³/mol. The standard InChI is InChI=1S/C21H21N3O3/c1-2-27-19-8-4-3-7-18(19)20(25)22-13-5-6-16-9-11-17(12-10-16)24-15-14-23-21(24)26/h3-4,7-12H,2,13-15H2,1H3,(H,22,25)(H,23,26). The van der Waals surface area contributed by atoms with E-state index in [1.807, 2.05) is 37.3 Å². The topological polar surface area (TPSA) is 70.7 Å². The lowest BCUT2D eigenvalue weighted by molar-refractivity contribution is 0.0955. The van der Waals surface area contributed by atoms with Gasteiger partial charge in [0.25, 0.3) is 5.91 Å². The Morgan fingerprint density at radius 2 is 2.00 bits per heavy atom. The number of ether oxygens (including phenoxy) is 1. The molecule has 0 unspecified atom stereocenters. The molecule has 1 fully saturated rings. The van der Waals surface area contributed by atoms with E-state index < -0.39 is 0 Å². The minimum absolute atomic E-state index is 0.0797. The number of hydrogen-bond acceptors (Lipinski definition) is 3. The zero-order chi connectivity index (χ0) is 19.1. The number of urea groups is 1. The molecule has 3 amide bonds. The third kappa shape index (κ3) is 4.59. The van der Waals surface area contributed by atoms with Crippen molar-refractivity contribution < 1.29 is 14.3 Å². The summed E-state index contributed by atoms with van der Waals surface area (Å²) in [5.41, 5.74) is 2.16. The Morgan fingerprint density at radius 3 is 2.70 bits per heavy atom. The second kappa shape index (κ2) is 8.77. The number of nitrogens with zero attached hydrogens (tertiary/aromatic N) is 1. The van der Waals surface area contributed by atoms with Crippen molar-refractivity contribution >= 4 is 17.6 Å². The van der Waals surface area contributed by atoms with Crippen molar-refractivity contribution in [3.8, 4) is 17.6 Å². The van der Waals surface area contributed by atoms with Crippen LogP contribution in [0.2, 0.25) is 0 Å². The quantitative estimate of drug-likeness (QED) is 0.802. The highest BCUT2D eigenvalue weighted by atomic mass is 16.5. The zero-order valence-electron chi connectivity index (χ0n) is 15.1. The Hall–Kier alpha value is -3.46. The Balaban J connectivity index is 1.56. The van der Waals surface area contributed by atoms with Gasteiger partial charge >= 0.3 is 6.03 Å². The first-order valence-electron chi connectivity index (χ1n) is 8.83. The lowest BCUT2D eigenvalue weighted by Gasteiger charge is -2.13. The first kappa shape index (κ1) is 18.3. The highest BCUT2D eigenvalue weighted by molar-refractivity contribution is 5.97. The van der Waals surface area contributed by atoms with Gasteiger partial charge in [-0.25, -0.2) is 4.79 Å². The number of benzene rings is 2. The molecular weight excluding hydrogens is 342 g/mol. The highest BCUT2D eigenvalue weighted by Gasteiger charge is 2.20. The molecule has 0 aromatic heterocycles. The summed E-state index contributed by atoms with van der Waals surface area (Å²) < 4.78 is 5.47. The smallest absolute Gasteiger partial charge is 0.321 e. The average Bonchev–Trinajstić information content (AvgIpc) is 3.12. The van der Waals surface area contributed by atoms with E-state index in [1.54, 1.807) is 23.1 Å². The summed E-state index contributed by atoms with van der Waals surface area (Å²) in [5.74, 6) is 6.28. The Morgan fingerprint density at radius 1 is 1.22 bits per heavy atom. The van der Waals surface area contributed by atoms with Gasteiger partial charge in [-0.2, -0.15) is 0 Å². The molecule has 0 saturated carbocycles. The van der Waals surface area contributed by atoms with Crippen molar-refractivity contribution in [3.05, 3.63) is 59.7 Å². The molecular formula is C21H21N3O3. The van der Waals surface area contributed by atoms with E-state index in [0.717, 1.165) is 11.3 Å². The molecule has 0 radical (unpaired) electrons. The molecule has 2 N–H and O–H groups in total. The van der Waals surface area contributed by atoms with E-state index in [1.165, 1.54) is 0 Å². The summed E-state index contributed by atoms with van der Waals surface area (Å²) in [5, 5.41) is 5.55. The second-order valence-corrected chi connectivity index (χ2v) is 5.84. The molecule has 1 aliphatic rings. The predicted octanol–water partition coefficient (Wildman–Crippen LogP) is 2.40. The van der Waals surface area contributed by atoms with Gasteiger partial charge in [0.05, 0.1) is 18.7 Å². The molecule has 1 saturated heterocycles. The van der Waals surface area contributed by atoms with Crippen LogP contribution in [-0.2, 0) is 0 Å². The van der Waals surface area contributed by atoms with Gasteiger partial charge in [-0.05, 0) is 43.3 Å². The van der Waals surface area contributed by atoms with Crippen LogP contribution in [0, 0.1) is 11.8 Å². The molecule has 27 heavy (non-hydrogen) atoms. The van der Waals surface area contributed by atoms with E-state index in [9.17, 15) is 9.59 Å². The maximum atomic E-state index is 12.3. The molecule has 0 bridgehead atoms. The summed E-state index contributed by atoms with van der Waals surface area (Å²) >= 11 is 0. The van der Waals surface area contributed by atoms with E-state index in [4.69, 9.17) is 4.74 Å². The number of carbonyl (C=O) groups is 2. The SMILES string of the molecule is CCOc1ccccc1C(=O)NCC#Cc1ccc(N2CCNC2=O)cc1. The van der Waals surface area contributed by atoms with Crippen molar-refractivity contribution in [1.29, 1.82) is 0 Å². The number of amides is 3. The molecule has 6 nitrogen and oxygen atoms in total. The van der Waals surface area contributed by atoms with Gasteiger partial charge in [-0.3, -0.25) is 9.69 Å². The Bertz CT molecular complexity index is 882. The van der Waals surface area contributed by atoms with Crippen LogP contribution in [0.15, 0.2) is 48.5 Å². The Kier molecular flexibility index (Phi) is 5.95.